The number of carbonyl (C=O) groups excluding carboxylic acids is 1. The smallest absolute Gasteiger partial charge is 0.302 e. The zero-order valence-corrected chi connectivity index (χ0v) is 18.5. The average Bonchev–Trinajstić information content (AvgIpc) is 3.04. The molecule has 8 atom stereocenters. The highest BCUT2D eigenvalue weighted by Crippen LogP contribution is 2.67. The average molecular weight is 395 g/mol. The van der Waals surface area contributed by atoms with Crippen molar-refractivity contribution >= 4 is 5.97 Å². The van der Waals surface area contributed by atoms with Gasteiger partial charge in [-0.2, -0.15) is 0 Å². The van der Waals surface area contributed by atoms with E-state index in [1.54, 1.807) is 12.5 Å². The zero-order chi connectivity index (χ0) is 20.2. The molecule has 0 amide bonds. The van der Waals surface area contributed by atoms with Crippen LogP contribution in [0.1, 0.15) is 90.0 Å². The second-order valence-electron chi connectivity index (χ2n) is 11.3. The minimum atomic E-state index is -0.0890. The lowest BCUT2D eigenvalue weighted by Crippen LogP contribution is -2.54. The van der Waals surface area contributed by atoms with Crippen molar-refractivity contribution in [1.29, 1.82) is 0 Å². The molecule has 0 heterocycles. The molecule has 0 aliphatic heterocycles. The van der Waals surface area contributed by atoms with Crippen LogP contribution in [0.3, 0.4) is 0 Å². The Labute approximate surface area is 176 Å². The van der Waals surface area contributed by atoms with Gasteiger partial charge in [-0.3, -0.25) is 4.79 Å². The Hall–Kier alpha value is -1.31. The summed E-state index contributed by atoms with van der Waals surface area (Å²) in [5.74, 6) is 4.05. The molecule has 4 aliphatic rings. The third kappa shape index (κ3) is 3.08. The molecule has 0 saturated heterocycles. The summed E-state index contributed by atoms with van der Waals surface area (Å²) < 4.78 is 5.82. The monoisotopic (exact) mass is 394 g/mol. The van der Waals surface area contributed by atoms with Crippen LogP contribution in [0.15, 0.2) is 30.3 Å². The van der Waals surface area contributed by atoms with E-state index in [1.165, 1.54) is 51.4 Å². The van der Waals surface area contributed by atoms with Gasteiger partial charge in [-0.15, -0.1) is 0 Å². The number of hydrogen-bond acceptors (Lipinski definition) is 2. The van der Waals surface area contributed by atoms with E-state index in [0.717, 1.165) is 36.0 Å². The fraction of sp³-hybridized carbons (Fsp3) is 0.741. The third-order valence-corrected chi connectivity index (χ3v) is 10.2. The summed E-state index contributed by atoms with van der Waals surface area (Å²) in [6.07, 6.45) is 12.1. The van der Waals surface area contributed by atoms with Crippen molar-refractivity contribution in [2.45, 2.75) is 90.6 Å². The van der Waals surface area contributed by atoms with Crippen molar-refractivity contribution < 1.29 is 9.53 Å². The Bertz CT molecular complexity index is 757. The molecule has 1 aromatic rings. The third-order valence-electron chi connectivity index (χ3n) is 10.2. The van der Waals surface area contributed by atoms with Crippen LogP contribution in [0.5, 0.6) is 0 Å². The quantitative estimate of drug-likeness (QED) is 0.519. The molecule has 0 unspecified atom stereocenters. The molecule has 2 heteroatoms. The van der Waals surface area contributed by atoms with E-state index in [2.05, 4.69) is 44.2 Å². The van der Waals surface area contributed by atoms with E-state index in [-0.39, 0.29) is 17.5 Å². The topological polar surface area (TPSA) is 26.3 Å². The summed E-state index contributed by atoms with van der Waals surface area (Å²) >= 11 is 0. The van der Waals surface area contributed by atoms with Crippen molar-refractivity contribution in [2.75, 3.05) is 0 Å². The summed E-state index contributed by atoms with van der Waals surface area (Å²) in [4.78, 5) is 11.7. The maximum atomic E-state index is 11.7. The lowest BCUT2D eigenvalue weighted by Gasteiger charge is -2.61. The van der Waals surface area contributed by atoms with Crippen LogP contribution >= 0.6 is 0 Å². The zero-order valence-electron chi connectivity index (χ0n) is 18.5. The fourth-order valence-electron chi connectivity index (χ4n) is 8.63. The number of esters is 1. The highest BCUT2D eigenvalue weighted by Gasteiger charge is 2.61. The maximum Gasteiger partial charge on any atom is 0.302 e. The molecular weight excluding hydrogens is 356 g/mol. The molecule has 0 aromatic heterocycles. The summed E-state index contributed by atoms with van der Waals surface area (Å²) in [5, 5.41) is 0. The lowest BCUT2D eigenvalue weighted by molar-refractivity contribution is -0.161. The first kappa shape index (κ1) is 19.6. The Morgan fingerprint density at radius 2 is 1.62 bits per heavy atom. The number of ether oxygens (including phenoxy) is 1. The Morgan fingerprint density at radius 3 is 2.38 bits per heavy atom. The highest BCUT2D eigenvalue weighted by atomic mass is 16.5. The van der Waals surface area contributed by atoms with Crippen LogP contribution in [0.4, 0.5) is 0 Å². The van der Waals surface area contributed by atoms with Crippen molar-refractivity contribution in [3.63, 3.8) is 0 Å². The van der Waals surface area contributed by atoms with Crippen molar-refractivity contribution in [3.05, 3.63) is 35.9 Å². The molecule has 0 bridgehead atoms. The van der Waals surface area contributed by atoms with E-state index >= 15 is 0 Å². The van der Waals surface area contributed by atoms with Gasteiger partial charge >= 0.3 is 5.97 Å². The SMILES string of the molecule is CC(=O)O[C@H]1CC[C@H]2[C@@H]3CC[C@H]4C[C@H](c5ccccc5)CC[C@]4(C)[C@H]3CC[C@]12C. The van der Waals surface area contributed by atoms with Crippen molar-refractivity contribution in [2.24, 2.45) is 34.5 Å². The van der Waals surface area contributed by atoms with Crippen LogP contribution in [-0.4, -0.2) is 12.1 Å². The molecule has 5 rings (SSSR count). The Balaban J connectivity index is 1.35. The Kier molecular flexibility index (Phi) is 4.83. The maximum absolute atomic E-state index is 11.7. The van der Waals surface area contributed by atoms with Gasteiger partial charge in [0.05, 0.1) is 0 Å². The fourth-order valence-corrected chi connectivity index (χ4v) is 8.63. The second kappa shape index (κ2) is 7.13. The number of benzene rings is 1. The molecule has 1 aromatic carbocycles. The number of hydrogen-bond donors (Lipinski definition) is 0. The summed E-state index contributed by atoms with van der Waals surface area (Å²) in [6.45, 7) is 6.67. The van der Waals surface area contributed by atoms with Gasteiger partial charge in [0.25, 0.3) is 0 Å². The van der Waals surface area contributed by atoms with Crippen LogP contribution in [0, 0.1) is 34.5 Å². The predicted molar refractivity (Wildman–Crippen MR) is 116 cm³/mol. The molecule has 0 radical (unpaired) electrons. The summed E-state index contributed by atoms with van der Waals surface area (Å²) in [7, 11) is 0. The van der Waals surface area contributed by atoms with E-state index in [9.17, 15) is 4.79 Å². The molecule has 4 fully saturated rings. The van der Waals surface area contributed by atoms with Gasteiger partial charge in [0.15, 0.2) is 0 Å². The summed E-state index contributed by atoms with van der Waals surface area (Å²) in [5.41, 5.74) is 2.31. The molecule has 29 heavy (non-hydrogen) atoms. The van der Waals surface area contributed by atoms with E-state index in [1.807, 2.05) is 0 Å². The standard InChI is InChI=1S/C27H38O2/c1-18(28)29-25-12-11-23-22-10-9-21-17-20(19-7-5-4-6-8-19)13-15-26(21,2)24(22)14-16-27(23,25)3/h4-8,20-25H,9-17H2,1-3H3/t20-,21+,22+,23+,24+,25+,26+,27+/m1/s1. The molecule has 0 spiro atoms. The van der Waals surface area contributed by atoms with Crippen LogP contribution in [0.25, 0.3) is 0 Å². The molecule has 4 aliphatic carbocycles. The van der Waals surface area contributed by atoms with Gasteiger partial charge in [0.1, 0.15) is 6.10 Å². The van der Waals surface area contributed by atoms with Crippen LogP contribution in [-0.2, 0) is 9.53 Å². The van der Waals surface area contributed by atoms with E-state index in [4.69, 9.17) is 4.74 Å². The molecule has 4 saturated carbocycles. The lowest BCUT2D eigenvalue weighted by atomic mass is 9.44. The normalized spacial score (nSPS) is 46.3. The largest absolute Gasteiger partial charge is 0.462 e. The highest BCUT2D eigenvalue weighted by molar-refractivity contribution is 5.66. The van der Waals surface area contributed by atoms with Gasteiger partial charge in [-0.05, 0) is 98.4 Å². The van der Waals surface area contributed by atoms with E-state index < -0.39 is 0 Å². The van der Waals surface area contributed by atoms with Gasteiger partial charge in [0.2, 0.25) is 0 Å². The first-order chi connectivity index (χ1) is 13.9. The first-order valence-electron chi connectivity index (χ1n) is 12.1. The van der Waals surface area contributed by atoms with Gasteiger partial charge in [-0.1, -0.05) is 44.2 Å². The minimum absolute atomic E-state index is 0.0890. The minimum Gasteiger partial charge on any atom is -0.462 e. The van der Waals surface area contributed by atoms with Crippen molar-refractivity contribution in [1.82, 2.24) is 0 Å². The number of fused-ring (bicyclic) bond motifs is 5. The summed E-state index contributed by atoms with van der Waals surface area (Å²) in [6, 6.07) is 11.3. The van der Waals surface area contributed by atoms with Crippen LogP contribution in [0.2, 0.25) is 0 Å². The molecular formula is C27H38O2. The van der Waals surface area contributed by atoms with Crippen molar-refractivity contribution in [3.8, 4) is 0 Å². The predicted octanol–water partition coefficient (Wildman–Crippen LogP) is 6.74. The number of rotatable bonds is 2. The van der Waals surface area contributed by atoms with Gasteiger partial charge in [0, 0.05) is 12.3 Å². The second-order valence-corrected chi connectivity index (χ2v) is 11.3. The van der Waals surface area contributed by atoms with Gasteiger partial charge < -0.3 is 4.74 Å². The van der Waals surface area contributed by atoms with Crippen LogP contribution < -0.4 is 0 Å². The Morgan fingerprint density at radius 1 is 0.897 bits per heavy atom. The number of carbonyl (C=O) groups is 1. The molecule has 0 N–H and O–H groups in total. The molecule has 2 nitrogen and oxygen atoms in total. The van der Waals surface area contributed by atoms with Gasteiger partial charge in [-0.25, -0.2) is 0 Å². The van der Waals surface area contributed by atoms with E-state index in [0.29, 0.717) is 5.41 Å². The first-order valence-corrected chi connectivity index (χ1v) is 12.1. The molecule has 158 valence electrons.